The van der Waals surface area contributed by atoms with Crippen LogP contribution in [0.15, 0.2) is 18.2 Å². The maximum Gasteiger partial charge on any atom is 0.248 e. The van der Waals surface area contributed by atoms with Gasteiger partial charge in [-0.2, -0.15) is 0 Å². The Balaban J connectivity index is 3.03. The average molecular weight is 182 g/mol. The third-order valence-corrected chi connectivity index (χ3v) is 1.74. The van der Waals surface area contributed by atoms with Crippen LogP contribution in [0.1, 0.15) is 15.9 Å². The van der Waals surface area contributed by atoms with Crippen LogP contribution >= 0.6 is 0 Å². The third kappa shape index (κ3) is 2.26. The van der Waals surface area contributed by atoms with E-state index in [1.165, 1.54) is 18.2 Å². The number of hydrogen-bond donors (Lipinski definition) is 2. The van der Waals surface area contributed by atoms with E-state index >= 15 is 0 Å². The molecule has 0 bridgehead atoms. The van der Waals surface area contributed by atoms with Crippen LogP contribution in [0.4, 0.5) is 4.39 Å². The Bertz CT molecular complexity index is 325. The summed E-state index contributed by atoms with van der Waals surface area (Å²) in [6.45, 7) is 0.346. The van der Waals surface area contributed by atoms with Gasteiger partial charge in [0, 0.05) is 5.56 Å². The molecule has 3 nitrogen and oxygen atoms in total. The molecule has 0 spiro atoms. The van der Waals surface area contributed by atoms with Gasteiger partial charge < -0.3 is 11.5 Å². The highest BCUT2D eigenvalue weighted by Gasteiger charge is 2.05. The average Bonchev–Trinajstić information content (AvgIpc) is 2.08. The second kappa shape index (κ2) is 4.00. The fourth-order valence-corrected chi connectivity index (χ4v) is 1.08. The minimum absolute atomic E-state index is 0.310. The van der Waals surface area contributed by atoms with Gasteiger partial charge in [-0.05, 0) is 36.7 Å². The zero-order chi connectivity index (χ0) is 9.84. The van der Waals surface area contributed by atoms with Gasteiger partial charge in [0.1, 0.15) is 5.82 Å². The second-order valence-corrected chi connectivity index (χ2v) is 2.71. The van der Waals surface area contributed by atoms with Crippen molar-refractivity contribution in [3.63, 3.8) is 0 Å². The topological polar surface area (TPSA) is 69.1 Å². The molecule has 0 radical (unpaired) electrons. The Labute approximate surface area is 75.5 Å². The number of amides is 1. The van der Waals surface area contributed by atoms with Crippen molar-refractivity contribution in [1.29, 1.82) is 0 Å². The number of primary amides is 1. The van der Waals surface area contributed by atoms with E-state index < -0.39 is 5.91 Å². The summed E-state index contributed by atoms with van der Waals surface area (Å²) < 4.78 is 13.0. The number of benzene rings is 1. The van der Waals surface area contributed by atoms with E-state index in [2.05, 4.69) is 0 Å². The minimum atomic E-state index is -0.557. The molecule has 4 heteroatoms. The van der Waals surface area contributed by atoms with E-state index in [0.717, 1.165) is 0 Å². The van der Waals surface area contributed by atoms with Gasteiger partial charge in [-0.25, -0.2) is 4.39 Å². The SMILES string of the molecule is NCCc1cc(C(N)=O)ccc1F. The summed E-state index contributed by atoms with van der Waals surface area (Å²) in [5.41, 5.74) is 11.0. The van der Waals surface area contributed by atoms with Crippen molar-refractivity contribution in [2.24, 2.45) is 11.5 Å². The molecule has 0 aromatic heterocycles. The zero-order valence-corrected chi connectivity index (χ0v) is 7.09. The molecular formula is C9H11FN2O. The highest BCUT2D eigenvalue weighted by molar-refractivity contribution is 5.92. The first-order valence-electron chi connectivity index (χ1n) is 3.93. The van der Waals surface area contributed by atoms with Crippen LogP contribution in [0.2, 0.25) is 0 Å². The van der Waals surface area contributed by atoms with Crippen molar-refractivity contribution in [3.05, 3.63) is 35.1 Å². The van der Waals surface area contributed by atoms with Crippen LogP contribution in [0, 0.1) is 5.82 Å². The van der Waals surface area contributed by atoms with Gasteiger partial charge in [-0.3, -0.25) is 4.79 Å². The van der Waals surface area contributed by atoms with Crippen LogP contribution in [0.5, 0.6) is 0 Å². The quantitative estimate of drug-likeness (QED) is 0.711. The molecule has 0 atom stereocenters. The molecule has 1 amide bonds. The standard InChI is InChI=1S/C9H11FN2O/c10-8-2-1-7(9(12)13)5-6(8)3-4-11/h1-2,5H,3-4,11H2,(H2,12,13). The van der Waals surface area contributed by atoms with Crippen LogP contribution in [0.3, 0.4) is 0 Å². The third-order valence-electron chi connectivity index (χ3n) is 1.74. The predicted octanol–water partition coefficient (Wildman–Crippen LogP) is 0.426. The van der Waals surface area contributed by atoms with Crippen molar-refractivity contribution in [2.75, 3.05) is 6.54 Å². The van der Waals surface area contributed by atoms with Crippen LogP contribution in [-0.4, -0.2) is 12.5 Å². The summed E-state index contributed by atoms with van der Waals surface area (Å²) in [4.78, 5) is 10.7. The summed E-state index contributed by atoms with van der Waals surface area (Å²) in [5, 5.41) is 0. The smallest absolute Gasteiger partial charge is 0.248 e. The van der Waals surface area contributed by atoms with Gasteiger partial charge in [0.25, 0.3) is 0 Å². The lowest BCUT2D eigenvalue weighted by atomic mass is 10.1. The molecule has 0 aliphatic rings. The fraction of sp³-hybridized carbons (Fsp3) is 0.222. The van der Waals surface area contributed by atoms with E-state index in [4.69, 9.17) is 11.5 Å². The van der Waals surface area contributed by atoms with Gasteiger partial charge in [0.05, 0.1) is 0 Å². The maximum atomic E-state index is 13.0. The van der Waals surface area contributed by atoms with Gasteiger partial charge in [-0.15, -0.1) is 0 Å². The molecule has 1 aromatic rings. The molecule has 0 unspecified atom stereocenters. The van der Waals surface area contributed by atoms with Crippen LogP contribution < -0.4 is 11.5 Å². The van der Waals surface area contributed by atoms with E-state index in [1.54, 1.807) is 0 Å². The predicted molar refractivity (Wildman–Crippen MR) is 47.7 cm³/mol. The number of halogens is 1. The summed E-state index contributed by atoms with van der Waals surface area (Å²) >= 11 is 0. The largest absolute Gasteiger partial charge is 0.366 e. The van der Waals surface area contributed by atoms with Crippen molar-refractivity contribution < 1.29 is 9.18 Å². The molecule has 0 aliphatic carbocycles. The fourth-order valence-electron chi connectivity index (χ4n) is 1.08. The maximum absolute atomic E-state index is 13.0. The van der Waals surface area contributed by atoms with Crippen molar-refractivity contribution in [2.45, 2.75) is 6.42 Å². The Morgan fingerprint density at radius 3 is 2.69 bits per heavy atom. The summed E-state index contributed by atoms with van der Waals surface area (Å²) in [6.07, 6.45) is 0.410. The molecule has 1 rings (SSSR count). The van der Waals surface area contributed by atoms with E-state index in [9.17, 15) is 9.18 Å². The summed E-state index contributed by atoms with van der Waals surface area (Å²) in [6, 6.07) is 4.02. The molecule has 0 aliphatic heterocycles. The monoisotopic (exact) mass is 182 g/mol. The highest BCUT2D eigenvalue weighted by atomic mass is 19.1. The lowest BCUT2D eigenvalue weighted by Crippen LogP contribution is -2.12. The molecule has 0 heterocycles. The number of nitrogens with two attached hydrogens (primary N) is 2. The summed E-state index contributed by atoms with van der Waals surface area (Å²) in [5.74, 6) is -0.909. The van der Waals surface area contributed by atoms with E-state index in [0.29, 0.717) is 24.1 Å². The highest BCUT2D eigenvalue weighted by Crippen LogP contribution is 2.10. The molecular weight excluding hydrogens is 171 g/mol. The molecule has 70 valence electrons. The molecule has 1 aromatic carbocycles. The van der Waals surface area contributed by atoms with Gasteiger partial charge in [0.2, 0.25) is 5.91 Å². The van der Waals surface area contributed by atoms with Crippen LogP contribution in [-0.2, 0) is 6.42 Å². The lowest BCUT2D eigenvalue weighted by molar-refractivity contribution is 0.1000. The Morgan fingerprint density at radius 1 is 1.46 bits per heavy atom. The Hall–Kier alpha value is -1.42. The van der Waals surface area contributed by atoms with Gasteiger partial charge >= 0.3 is 0 Å². The van der Waals surface area contributed by atoms with Crippen molar-refractivity contribution >= 4 is 5.91 Å². The molecule has 13 heavy (non-hydrogen) atoms. The number of carbonyl (C=O) groups is 1. The Morgan fingerprint density at radius 2 is 2.15 bits per heavy atom. The normalized spacial score (nSPS) is 10.0. The van der Waals surface area contributed by atoms with E-state index in [1.807, 2.05) is 0 Å². The van der Waals surface area contributed by atoms with Gasteiger partial charge in [-0.1, -0.05) is 0 Å². The first-order chi connectivity index (χ1) is 6.15. The lowest BCUT2D eigenvalue weighted by Gasteiger charge is -2.02. The van der Waals surface area contributed by atoms with Gasteiger partial charge in [0.15, 0.2) is 0 Å². The minimum Gasteiger partial charge on any atom is -0.366 e. The van der Waals surface area contributed by atoms with E-state index in [-0.39, 0.29) is 5.82 Å². The Kier molecular flexibility index (Phi) is 2.97. The van der Waals surface area contributed by atoms with Crippen molar-refractivity contribution in [3.8, 4) is 0 Å². The summed E-state index contributed by atoms with van der Waals surface area (Å²) in [7, 11) is 0. The number of rotatable bonds is 3. The molecule has 0 saturated heterocycles. The van der Waals surface area contributed by atoms with Crippen LogP contribution in [0.25, 0.3) is 0 Å². The number of carbonyl (C=O) groups excluding carboxylic acids is 1. The first-order valence-corrected chi connectivity index (χ1v) is 3.93. The molecule has 4 N–H and O–H groups in total. The second-order valence-electron chi connectivity index (χ2n) is 2.71. The molecule has 0 fully saturated rings. The molecule has 0 saturated carbocycles. The van der Waals surface area contributed by atoms with Crippen molar-refractivity contribution in [1.82, 2.24) is 0 Å². The zero-order valence-electron chi connectivity index (χ0n) is 7.09. The first kappa shape index (κ1) is 9.67. The number of hydrogen-bond acceptors (Lipinski definition) is 2.